The second-order valence-corrected chi connectivity index (χ2v) is 7.11. The molecule has 0 saturated heterocycles. The first-order valence-electron chi connectivity index (χ1n) is 7.65. The molecular weight excluding hydrogens is 268 g/mol. The van der Waals surface area contributed by atoms with Crippen molar-refractivity contribution in [3.05, 3.63) is 22.4 Å². The van der Waals surface area contributed by atoms with Gasteiger partial charge in [-0.15, -0.1) is 11.3 Å². The fourth-order valence-corrected chi connectivity index (χ4v) is 3.76. The molecule has 20 heavy (non-hydrogen) atoms. The van der Waals surface area contributed by atoms with Gasteiger partial charge in [0.15, 0.2) is 0 Å². The molecule has 1 fully saturated rings. The van der Waals surface area contributed by atoms with Gasteiger partial charge in [0.25, 0.3) is 0 Å². The van der Waals surface area contributed by atoms with E-state index in [0.717, 1.165) is 6.42 Å². The van der Waals surface area contributed by atoms with Crippen molar-refractivity contribution in [3.8, 4) is 0 Å². The fraction of sp³-hybridized carbons (Fsp3) is 0.688. The SMILES string of the molecule is CCC(C)(CN)C(=O)NC(c1cccs1)C1CCCC1. The summed E-state index contributed by atoms with van der Waals surface area (Å²) in [5.74, 6) is 0.685. The molecule has 2 unspecified atom stereocenters. The summed E-state index contributed by atoms with van der Waals surface area (Å²) in [6, 6.07) is 4.37. The maximum Gasteiger partial charge on any atom is 0.227 e. The Hall–Kier alpha value is -0.870. The van der Waals surface area contributed by atoms with Gasteiger partial charge in [-0.3, -0.25) is 4.79 Å². The average molecular weight is 294 g/mol. The summed E-state index contributed by atoms with van der Waals surface area (Å²) in [6.45, 7) is 4.39. The van der Waals surface area contributed by atoms with E-state index in [1.807, 2.05) is 13.8 Å². The zero-order valence-corrected chi connectivity index (χ0v) is 13.3. The van der Waals surface area contributed by atoms with Gasteiger partial charge in [0.2, 0.25) is 5.91 Å². The minimum absolute atomic E-state index is 0.104. The number of thiophene rings is 1. The van der Waals surface area contributed by atoms with Crippen LogP contribution in [0.4, 0.5) is 0 Å². The van der Waals surface area contributed by atoms with Gasteiger partial charge in [0, 0.05) is 11.4 Å². The summed E-state index contributed by atoms with van der Waals surface area (Å²) in [4.78, 5) is 13.9. The number of nitrogens with two attached hydrogens (primary N) is 1. The molecule has 0 aromatic carbocycles. The Labute approximate surface area is 125 Å². The third-order valence-electron chi connectivity index (χ3n) is 4.79. The van der Waals surface area contributed by atoms with Crippen molar-refractivity contribution >= 4 is 17.2 Å². The molecule has 2 rings (SSSR count). The van der Waals surface area contributed by atoms with Gasteiger partial charge in [0.05, 0.1) is 11.5 Å². The Bertz CT molecular complexity index is 420. The van der Waals surface area contributed by atoms with Crippen molar-refractivity contribution in [2.24, 2.45) is 17.1 Å². The van der Waals surface area contributed by atoms with Crippen LogP contribution in [-0.2, 0) is 4.79 Å². The Kier molecular flexibility index (Phi) is 5.22. The lowest BCUT2D eigenvalue weighted by molar-refractivity contribution is -0.131. The summed E-state index contributed by atoms with van der Waals surface area (Å²) >= 11 is 1.74. The van der Waals surface area contributed by atoms with Gasteiger partial charge in [-0.1, -0.05) is 25.8 Å². The number of carbonyl (C=O) groups excluding carboxylic acids is 1. The molecule has 112 valence electrons. The van der Waals surface area contributed by atoms with Crippen LogP contribution in [0.1, 0.15) is 56.9 Å². The first kappa shape index (κ1) is 15.5. The number of rotatable bonds is 6. The van der Waals surface area contributed by atoms with Gasteiger partial charge in [-0.2, -0.15) is 0 Å². The summed E-state index contributed by atoms with van der Waals surface area (Å²) in [6.07, 6.45) is 5.77. The summed E-state index contributed by atoms with van der Waals surface area (Å²) in [5.41, 5.74) is 5.36. The molecule has 4 heteroatoms. The predicted molar refractivity (Wildman–Crippen MR) is 84.6 cm³/mol. The lowest BCUT2D eigenvalue weighted by atomic mass is 9.85. The van der Waals surface area contributed by atoms with Crippen LogP contribution < -0.4 is 11.1 Å². The molecule has 1 aromatic heterocycles. The van der Waals surface area contributed by atoms with E-state index in [4.69, 9.17) is 5.73 Å². The minimum atomic E-state index is -0.450. The van der Waals surface area contributed by atoms with E-state index < -0.39 is 5.41 Å². The fourth-order valence-electron chi connectivity index (χ4n) is 2.89. The van der Waals surface area contributed by atoms with Crippen LogP contribution in [0.25, 0.3) is 0 Å². The number of hydrogen-bond donors (Lipinski definition) is 2. The van der Waals surface area contributed by atoms with Crippen LogP contribution in [0.5, 0.6) is 0 Å². The molecule has 0 spiro atoms. The molecule has 1 saturated carbocycles. The first-order valence-corrected chi connectivity index (χ1v) is 8.53. The Morgan fingerprint density at radius 1 is 1.55 bits per heavy atom. The second kappa shape index (κ2) is 6.72. The molecule has 3 nitrogen and oxygen atoms in total. The van der Waals surface area contributed by atoms with E-state index >= 15 is 0 Å². The molecule has 0 radical (unpaired) electrons. The topological polar surface area (TPSA) is 55.1 Å². The predicted octanol–water partition coefficient (Wildman–Crippen LogP) is 3.47. The normalized spacial score (nSPS) is 20.6. The summed E-state index contributed by atoms with van der Waals surface area (Å²) in [7, 11) is 0. The highest BCUT2D eigenvalue weighted by Gasteiger charge is 2.34. The van der Waals surface area contributed by atoms with Crippen molar-refractivity contribution in [1.29, 1.82) is 0 Å². The minimum Gasteiger partial charge on any atom is -0.348 e. The van der Waals surface area contributed by atoms with Crippen LogP contribution >= 0.6 is 11.3 Å². The molecule has 3 N–H and O–H groups in total. The van der Waals surface area contributed by atoms with Crippen molar-refractivity contribution < 1.29 is 4.79 Å². The summed E-state index contributed by atoms with van der Waals surface area (Å²) < 4.78 is 0. The van der Waals surface area contributed by atoms with Gasteiger partial charge < -0.3 is 11.1 Å². The van der Waals surface area contributed by atoms with Crippen LogP contribution in [0.3, 0.4) is 0 Å². The smallest absolute Gasteiger partial charge is 0.227 e. The standard InChI is InChI=1S/C16H26N2OS/c1-3-16(2,11-17)15(19)18-14(12-7-4-5-8-12)13-9-6-10-20-13/h6,9-10,12,14H,3-5,7-8,11,17H2,1-2H3,(H,18,19). The van der Waals surface area contributed by atoms with Crippen molar-refractivity contribution in [1.82, 2.24) is 5.32 Å². The van der Waals surface area contributed by atoms with E-state index in [1.165, 1.54) is 30.6 Å². The van der Waals surface area contributed by atoms with Crippen LogP contribution in [-0.4, -0.2) is 12.5 Å². The molecule has 0 bridgehead atoms. The Morgan fingerprint density at radius 2 is 2.25 bits per heavy atom. The van der Waals surface area contributed by atoms with E-state index in [-0.39, 0.29) is 11.9 Å². The van der Waals surface area contributed by atoms with Crippen molar-refractivity contribution in [2.45, 2.75) is 52.0 Å². The molecule has 1 heterocycles. The molecule has 1 aliphatic carbocycles. The lowest BCUT2D eigenvalue weighted by Crippen LogP contribution is -2.45. The molecule has 1 aliphatic rings. The van der Waals surface area contributed by atoms with Crippen LogP contribution in [0.15, 0.2) is 17.5 Å². The van der Waals surface area contributed by atoms with Gasteiger partial charge >= 0.3 is 0 Å². The largest absolute Gasteiger partial charge is 0.348 e. The molecular formula is C16H26N2OS. The van der Waals surface area contributed by atoms with Gasteiger partial charge in [0.1, 0.15) is 0 Å². The molecule has 2 atom stereocenters. The van der Waals surface area contributed by atoms with Crippen LogP contribution in [0.2, 0.25) is 0 Å². The maximum atomic E-state index is 12.6. The van der Waals surface area contributed by atoms with Crippen molar-refractivity contribution in [2.75, 3.05) is 6.54 Å². The molecule has 1 aromatic rings. The van der Waals surface area contributed by atoms with E-state index in [1.54, 1.807) is 11.3 Å². The van der Waals surface area contributed by atoms with Crippen molar-refractivity contribution in [3.63, 3.8) is 0 Å². The van der Waals surface area contributed by atoms with E-state index in [2.05, 4.69) is 22.8 Å². The average Bonchev–Trinajstić information content (AvgIpc) is 3.16. The number of hydrogen-bond acceptors (Lipinski definition) is 3. The van der Waals surface area contributed by atoms with Gasteiger partial charge in [-0.05, 0) is 43.6 Å². The second-order valence-electron chi connectivity index (χ2n) is 6.13. The highest BCUT2D eigenvalue weighted by Crippen LogP contribution is 2.38. The quantitative estimate of drug-likeness (QED) is 0.844. The third-order valence-corrected chi connectivity index (χ3v) is 5.74. The zero-order valence-electron chi connectivity index (χ0n) is 12.5. The summed E-state index contributed by atoms with van der Waals surface area (Å²) in [5, 5.41) is 5.38. The Balaban J connectivity index is 2.14. The molecule has 1 amide bonds. The number of nitrogens with one attached hydrogen (secondary N) is 1. The first-order chi connectivity index (χ1) is 9.60. The monoisotopic (exact) mass is 294 g/mol. The molecule has 0 aliphatic heterocycles. The van der Waals surface area contributed by atoms with Gasteiger partial charge in [-0.25, -0.2) is 0 Å². The number of amides is 1. The highest BCUT2D eigenvalue weighted by atomic mass is 32.1. The van der Waals surface area contributed by atoms with E-state index in [9.17, 15) is 4.79 Å². The van der Waals surface area contributed by atoms with Crippen LogP contribution in [0, 0.1) is 11.3 Å². The highest BCUT2D eigenvalue weighted by molar-refractivity contribution is 7.10. The van der Waals surface area contributed by atoms with E-state index in [0.29, 0.717) is 12.5 Å². The Morgan fingerprint density at radius 3 is 2.75 bits per heavy atom. The lowest BCUT2D eigenvalue weighted by Gasteiger charge is -2.30. The third kappa shape index (κ3) is 3.23. The number of carbonyl (C=O) groups is 1. The zero-order chi connectivity index (χ0) is 14.6. The maximum absolute atomic E-state index is 12.6.